The van der Waals surface area contributed by atoms with Crippen LogP contribution in [0.5, 0.6) is 0 Å². The first-order valence-corrected chi connectivity index (χ1v) is 7.55. The van der Waals surface area contributed by atoms with E-state index in [1.807, 2.05) is 0 Å². The van der Waals surface area contributed by atoms with Crippen LogP contribution in [0.2, 0.25) is 0 Å². The van der Waals surface area contributed by atoms with E-state index in [0.29, 0.717) is 12.0 Å². The van der Waals surface area contributed by atoms with E-state index in [2.05, 4.69) is 6.58 Å². The summed E-state index contributed by atoms with van der Waals surface area (Å²) in [4.78, 5) is 23.6. The van der Waals surface area contributed by atoms with E-state index in [4.69, 9.17) is 4.74 Å². The molecule has 4 atom stereocenters. The molecule has 0 aromatic heterocycles. The van der Waals surface area contributed by atoms with Crippen molar-refractivity contribution in [2.45, 2.75) is 12.6 Å². The largest absolute Gasteiger partial charge is 0.416 e. The van der Waals surface area contributed by atoms with Gasteiger partial charge in [-0.15, -0.1) is 6.58 Å². The summed E-state index contributed by atoms with van der Waals surface area (Å²) in [6, 6.07) is 4.76. The number of hydrogen-bond acceptors (Lipinski definition) is 3. The van der Waals surface area contributed by atoms with Crippen molar-refractivity contribution in [3.63, 3.8) is 0 Å². The number of allylic oxidation sites excluding steroid dienone is 2. The van der Waals surface area contributed by atoms with Crippen LogP contribution in [0.4, 0.5) is 13.2 Å². The molecule has 1 aliphatic heterocycles. The minimum atomic E-state index is -4.37. The second-order valence-corrected chi connectivity index (χ2v) is 6.07. The van der Waals surface area contributed by atoms with Crippen LogP contribution in [0, 0.1) is 23.7 Å². The van der Waals surface area contributed by atoms with Crippen LogP contribution in [0.15, 0.2) is 43.0 Å². The molecule has 2 fully saturated rings. The van der Waals surface area contributed by atoms with Crippen LogP contribution >= 0.6 is 0 Å². The van der Waals surface area contributed by atoms with Gasteiger partial charge in [-0.05, 0) is 36.0 Å². The lowest BCUT2D eigenvalue weighted by atomic mass is 9.89. The monoisotopic (exact) mass is 336 g/mol. The summed E-state index contributed by atoms with van der Waals surface area (Å²) < 4.78 is 42.4. The van der Waals surface area contributed by atoms with Gasteiger partial charge in [0.25, 0.3) is 0 Å². The highest BCUT2D eigenvalue weighted by atomic mass is 19.4. The van der Waals surface area contributed by atoms with E-state index in [0.717, 1.165) is 12.1 Å². The Labute approximate surface area is 136 Å². The van der Waals surface area contributed by atoms with Crippen LogP contribution in [0.1, 0.15) is 17.5 Å². The zero-order valence-electron chi connectivity index (χ0n) is 12.6. The quantitative estimate of drug-likeness (QED) is 0.478. The predicted molar refractivity (Wildman–Crippen MR) is 80.4 cm³/mol. The minimum absolute atomic E-state index is 0.129. The molecular formula is C18H15F3O3. The third-order valence-electron chi connectivity index (χ3n) is 4.68. The van der Waals surface area contributed by atoms with E-state index >= 15 is 0 Å². The van der Waals surface area contributed by atoms with E-state index in [9.17, 15) is 22.8 Å². The maximum atomic E-state index is 12.5. The fourth-order valence-corrected chi connectivity index (χ4v) is 3.48. The maximum absolute atomic E-state index is 12.5. The predicted octanol–water partition coefficient (Wildman–Crippen LogP) is 3.86. The van der Waals surface area contributed by atoms with Gasteiger partial charge in [-0.25, -0.2) is 0 Å². The average molecular weight is 336 g/mol. The Hall–Kier alpha value is -2.37. The van der Waals surface area contributed by atoms with Crippen molar-refractivity contribution in [2.75, 3.05) is 0 Å². The summed E-state index contributed by atoms with van der Waals surface area (Å²) in [5.41, 5.74) is -0.114. The standard InChI is InChI=1S/C18H15F3O3/c1-2-11-9-12(15-14(11)16(22)24-17(15)23)6-3-10-4-7-13(8-5-10)18(19,20)21/h2-8,11-12,14-15H,1,9H2/b6-3+/t11-,12+,14-,15+/m1/s1. The molecule has 2 aliphatic rings. The van der Waals surface area contributed by atoms with Gasteiger partial charge in [0.2, 0.25) is 0 Å². The lowest BCUT2D eigenvalue weighted by Crippen LogP contribution is -2.19. The van der Waals surface area contributed by atoms with Crippen LogP contribution in [0.3, 0.4) is 0 Å². The van der Waals surface area contributed by atoms with Crippen molar-refractivity contribution in [1.82, 2.24) is 0 Å². The normalized spacial score (nSPS) is 29.8. The first-order chi connectivity index (χ1) is 11.3. The third kappa shape index (κ3) is 2.88. The molecule has 1 aromatic carbocycles. The molecule has 0 radical (unpaired) electrons. The Kier molecular flexibility index (Phi) is 4.07. The van der Waals surface area contributed by atoms with Crippen LogP contribution in [-0.2, 0) is 20.5 Å². The smallest absolute Gasteiger partial charge is 0.393 e. The minimum Gasteiger partial charge on any atom is -0.393 e. The molecule has 3 nitrogen and oxygen atoms in total. The second kappa shape index (κ2) is 5.92. The van der Waals surface area contributed by atoms with Crippen molar-refractivity contribution in [2.24, 2.45) is 23.7 Å². The number of halogens is 3. The summed E-state index contributed by atoms with van der Waals surface area (Å²) in [7, 11) is 0. The Bertz CT molecular complexity index is 703. The van der Waals surface area contributed by atoms with Gasteiger partial charge < -0.3 is 4.74 Å². The third-order valence-corrected chi connectivity index (χ3v) is 4.68. The topological polar surface area (TPSA) is 43.4 Å². The number of ether oxygens (including phenoxy) is 1. The molecule has 0 bridgehead atoms. The highest BCUT2D eigenvalue weighted by molar-refractivity contribution is 5.97. The summed E-state index contributed by atoms with van der Waals surface area (Å²) in [6.07, 6.45) is 1.32. The van der Waals surface area contributed by atoms with Crippen molar-refractivity contribution in [1.29, 1.82) is 0 Å². The van der Waals surface area contributed by atoms with Crippen LogP contribution in [-0.4, -0.2) is 11.9 Å². The Balaban J connectivity index is 1.78. The molecule has 1 aromatic rings. The summed E-state index contributed by atoms with van der Waals surface area (Å²) in [6.45, 7) is 3.70. The number of esters is 2. The van der Waals surface area contributed by atoms with Gasteiger partial charge in [0.1, 0.15) is 0 Å². The SMILES string of the molecule is C=C[C@@H]1C[C@H](/C=C/c2ccc(C(F)(F)F)cc2)[C@@H]2C(=O)OC(=O)[C@@H]21. The van der Waals surface area contributed by atoms with Gasteiger partial charge in [0.05, 0.1) is 17.4 Å². The molecule has 0 amide bonds. The lowest BCUT2D eigenvalue weighted by Gasteiger charge is -2.09. The molecule has 1 saturated heterocycles. The number of benzene rings is 1. The van der Waals surface area contributed by atoms with E-state index in [1.54, 1.807) is 18.2 Å². The van der Waals surface area contributed by atoms with E-state index < -0.39 is 35.5 Å². The fourth-order valence-electron chi connectivity index (χ4n) is 3.48. The second-order valence-electron chi connectivity index (χ2n) is 6.07. The van der Waals surface area contributed by atoms with Gasteiger partial charge in [-0.2, -0.15) is 13.2 Å². The van der Waals surface area contributed by atoms with Gasteiger partial charge in [-0.1, -0.05) is 30.4 Å². The Morgan fingerprint density at radius 2 is 1.62 bits per heavy atom. The maximum Gasteiger partial charge on any atom is 0.416 e. The lowest BCUT2D eigenvalue weighted by molar-refractivity contribution is -0.154. The number of carbonyl (C=O) groups is 2. The zero-order valence-corrected chi connectivity index (χ0v) is 12.6. The number of cyclic esters (lactones) is 2. The molecule has 126 valence electrons. The number of fused-ring (bicyclic) bond motifs is 1. The van der Waals surface area contributed by atoms with E-state index in [-0.39, 0.29) is 11.8 Å². The van der Waals surface area contributed by atoms with E-state index in [1.165, 1.54) is 12.1 Å². The van der Waals surface area contributed by atoms with Crippen molar-refractivity contribution in [3.8, 4) is 0 Å². The fraction of sp³-hybridized carbons (Fsp3) is 0.333. The molecule has 1 saturated carbocycles. The van der Waals surface area contributed by atoms with Gasteiger partial charge in [0, 0.05) is 0 Å². The van der Waals surface area contributed by atoms with Gasteiger partial charge in [-0.3, -0.25) is 9.59 Å². The average Bonchev–Trinajstić information content (AvgIpc) is 3.04. The molecule has 1 heterocycles. The van der Waals surface area contributed by atoms with Gasteiger partial charge in [0.15, 0.2) is 0 Å². The summed E-state index contributed by atoms with van der Waals surface area (Å²) >= 11 is 0. The summed E-state index contributed by atoms with van der Waals surface area (Å²) in [5, 5.41) is 0. The number of rotatable bonds is 3. The summed E-state index contributed by atoms with van der Waals surface area (Å²) in [5.74, 6) is -2.41. The van der Waals surface area contributed by atoms with Crippen molar-refractivity contribution >= 4 is 18.0 Å². The molecule has 3 rings (SSSR count). The molecule has 0 spiro atoms. The molecule has 0 unspecified atom stereocenters. The van der Waals surface area contributed by atoms with Crippen molar-refractivity contribution < 1.29 is 27.5 Å². The van der Waals surface area contributed by atoms with Gasteiger partial charge >= 0.3 is 18.1 Å². The molecule has 1 aliphatic carbocycles. The Morgan fingerprint density at radius 3 is 2.17 bits per heavy atom. The zero-order chi connectivity index (χ0) is 17.5. The molecular weight excluding hydrogens is 321 g/mol. The first-order valence-electron chi connectivity index (χ1n) is 7.55. The number of alkyl halides is 3. The first kappa shape index (κ1) is 16.5. The number of hydrogen-bond donors (Lipinski definition) is 0. The van der Waals surface area contributed by atoms with Crippen molar-refractivity contribution in [3.05, 3.63) is 54.1 Å². The highest BCUT2D eigenvalue weighted by Crippen LogP contribution is 2.47. The molecule has 24 heavy (non-hydrogen) atoms. The van der Waals surface area contributed by atoms with Crippen LogP contribution in [0.25, 0.3) is 6.08 Å². The number of carbonyl (C=O) groups excluding carboxylic acids is 2. The molecule has 6 heteroatoms. The highest BCUT2D eigenvalue weighted by Gasteiger charge is 2.55. The molecule has 0 N–H and O–H groups in total. The van der Waals surface area contributed by atoms with Crippen LogP contribution < -0.4 is 0 Å². The Morgan fingerprint density at radius 1 is 1.04 bits per heavy atom.